The maximum atomic E-state index is 12.5. The third-order valence-corrected chi connectivity index (χ3v) is 4.94. The van der Waals surface area contributed by atoms with Gasteiger partial charge in [-0.25, -0.2) is 0 Å². The molecule has 10 heteroatoms. The highest BCUT2D eigenvalue weighted by Crippen LogP contribution is 2.09. The lowest BCUT2D eigenvalue weighted by atomic mass is 9.97. The molecule has 3 atom stereocenters. The van der Waals surface area contributed by atoms with E-state index in [-0.39, 0.29) is 43.2 Å². The molecule has 0 aliphatic carbocycles. The normalized spacial score (nSPS) is 16.5. The number of halogens is 1. The number of hydrogen-bond acceptors (Lipinski definition) is 6. The molecule has 154 valence electrons. The Labute approximate surface area is 170 Å². The van der Waals surface area contributed by atoms with Crippen LogP contribution < -0.4 is 16.4 Å². The Morgan fingerprint density at radius 2 is 1.81 bits per heavy atom. The molecule has 8 nitrogen and oxygen atoms in total. The number of nitrogens with zero attached hydrogens (tertiary/aromatic N) is 1. The summed E-state index contributed by atoms with van der Waals surface area (Å²) in [6.45, 7) is 4.01. The van der Waals surface area contributed by atoms with Crippen LogP contribution in [0.5, 0.6) is 0 Å². The summed E-state index contributed by atoms with van der Waals surface area (Å²) in [5.41, 5.74) is 5.86. The lowest BCUT2D eigenvalue weighted by Gasteiger charge is -2.25. The highest BCUT2D eigenvalue weighted by atomic mass is 35.5. The van der Waals surface area contributed by atoms with Gasteiger partial charge >= 0.3 is 0 Å². The first kappa shape index (κ1) is 25.4. The Morgan fingerprint density at radius 1 is 1.22 bits per heavy atom. The van der Waals surface area contributed by atoms with Crippen molar-refractivity contribution in [1.29, 1.82) is 0 Å². The van der Waals surface area contributed by atoms with Crippen LogP contribution in [0.2, 0.25) is 0 Å². The Hall–Kier alpha value is -1.58. The van der Waals surface area contributed by atoms with E-state index in [9.17, 15) is 19.2 Å². The minimum absolute atomic E-state index is 0. The quantitative estimate of drug-likeness (QED) is 0.406. The second-order valence-electron chi connectivity index (χ2n) is 6.21. The number of nitrogens with two attached hydrogens (primary N) is 1. The van der Waals surface area contributed by atoms with Gasteiger partial charge in [-0.3, -0.25) is 24.1 Å². The first-order valence-electron chi connectivity index (χ1n) is 8.67. The fourth-order valence-corrected chi connectivity index (χ4v) is 2.88. The maximum absolute atomic E-state index is 12.5. The molecule has 4 amide bonds. The predicted octanol–water partition coefficient (Wildman–Crippen LogP) is 0.0607. The van der Waals surface area contributed by atoms with Crippen molar-refractivity contribution >= 4 is 47.8 Å². The van der Waals surface area contributed by atoms with E-state index in [2.05, 4.69) is 10.6 Å². The van der Waals surface area contributed by atoms with E-state index in [1.165, 1.54) is 12.2 Å². The molecule has 0 spiro atoms. The van der Waals surface area contributed by atoms with Crippen LogP contribution in [0.3, 0.4) is 0 Å². The van der Waals surface area contributed by atoms with Gasteiger partial charge in [0.25, 0.3) is 11.8 Å². The highest BCUT2D eigenvalue weighted by molar-refractivity contribution is 7.98. The van der Waals surface area contributed by atoms with Gasteiger partial charge in [0.1, 0.15) is 6.04 Å². The van der Waals surface area contributed by atoms with Crippen molar-refractivity contribution in [2.24, 2.45) is 11.7 Å². The second-order valence-corrected chi connectivity index (χ2v) is 7.20. The highest BCUT2D eigenvalue weighted by Gasteiger charge is 2.28. The molecule has 27 heavy (non-hydrogen) atoms. The van der Waals surface area contributed by atoms with Crippen molar-refractivity contribution < 1.29 is 19.2 Å². The van der Waals surface area contributed by atoms with Crippen LogP contribution in [0.15, 0.2) is 12.2 Å². The molecule has 0 aromatic carbocycles. The zero-order valence-corrected chi connectivity index (χ0v) is 17.5. The molecule has 0 saturated carbocycles. The number of amides is 4. The Balaban J connectivity index is 0.00000676. The molecule has 1 aliphatic heterocycles. The maximum Gasteiger partial charge on any atom is 0.253 e. The molecule has 0 radical (unpaired) electrons. The molecule has 1 unspecified atom stereocenters. The summed E-state index contributed by atoms with van der Waals surface area (Å²) in [5, 5.41) is 5.41. The average molecular weight is 421 g/mol. The number of carbonyl (C=O) groups excluding carboxylic acids is 4. The number of thioether (sulfide) groups is 1. The van der Waals surface area contributed by atoms with E-state index in [1.54, 1.807) is 11.8 Å². The van der Waals surface area contributed by atoms with Crippen LogP contribution in [-0.2, 0) is 19.2 Å². The van der Waals surface area contributed by atoms with Crippen LogP contribution in [0, 0.1) is 5.92 Å². The zero-order valence-electron chi connectivity index (χ0n) is 15.9. The van der Waals surface area contributed by atoms with Gasteiger partial charge in [0, 0.05) is 25.2 Å². The molecular weight excluding hydrogens is 392 g/mol. The van der Waals surface area contributed by atoms with Crippen molar-refractivity contribution in [2.75, 3.05) is 25.1 Å². The average Bonchev–Trinajstić information content (AvgIpc) is 2.94. The first-order chi connectivity index (χ1) is 12.3. The summed E-state index contributed by atoms with van der Waals surface area (Å²) < 4.78 is 0. The van der Waals surface area contributed by atoms with Gasteiger partial charge in [0.15, 0.2) is 0 Å². The van der Waals surface area contributed by atoms with Gasteiger partial charge in [0.2, 0.25) is 11.8 Å². The Kier molecular flexibility index (Phi) is 12.0. The van der Waals surface area contributed by atoms with E-state index >= 15 is 0 Å². The largest absolute Gasteiger partial charge is 0.353 e. The molecular formula is C17H29ClN4O4S. The molecule has 4 N–H and O–H groups in total. The zero-order chi connectivity index (χ0) is 19.7. The van der Waals surface area contributed by atoms with Crippen LogP contribution in [0.1, 0.15) is 26.7 Å². The topological polar surface area (TPSA) is 122 Å². The molecule has 0 aromatic heterocycles. The first-order valence-corrected chi connectivity index (χ1v) is 10.1. The van der Waals surface area contributed by atoms with E-state index < -0.39 is 23.9 Å². The number of imide groups is 1. The number of rotatable bonds is 11. The Bertz CT molecular complexity index is 555. The lowest BCUT2D eigenvalue weighted by Crippen LogP contribution is -2.55. The second kappa shape index (κ2) is 12.7. The third-order valence-electron chi connectivity index (χ3n) is 4.30. The van der Waals surface area contributed by atoms with Crippen LogP contribution in [-0.4, -0.2) is 65.7 Å². The molecule has 1 aliphatic rings. The van der Waals surface area contributed by atoms with E-state index in [4.69, 9.17) is 5.73 Å². The smallest absolute Gasteiger partial charge is 0.253 e. The molecule has 0 bridgehead atoms. The number of hydrogen-bond donors (Lipinski definition) is 3. The van der Waals surface area contributed by atoms with E-state index in [0.29, 0.717) is 12.8 Å². The number of carbonyl (C=O) groups is 4. The SMILES string of the molecule is CCC(C)[C@H](NC(=O)[C@@H](N)CCSC)C(=O)NCCN1C(=O)C=CC1=O.Cl. The van der Waals surface area contributed by atoms with Crippen LogP contribution in [0.25, 0.3) is 0 Å². The molecule has 0 saturated heterocycles. The Morgan fingerprint density at radius 3 is 2.33 bits per heavy atom. The van der Waals surface area contributed by atoms with Crippen molar-refractivity contribution in [3.8, 4) is 0 Å². The van der Waals surface area contributed by atoms with Crippen molar-refractivity contribution in [3.05, 3.63) is 12.2 Å². The number of nitrogens with one attached hydrogen (secondary N) is 2. The summed E-state index contributed by atoms with van der Waals surface area (Å²) in [7, 11) is 0. The fraction of sp³-hybridized carbons (Fsp3) is 0.647. The summed E-state index contributed by atoms with van der Waals surface area (Å²) in [5.74, 6) is -0.804. The van der Waals surface area contributed by atoms with Gasteiger partial charge in [-0.1, -0.05) is 20.3 Å². The summed E-state index contributed by atoms with van der Waals surface area (Å²) >= 11 is 1.60. The van der Waals surface area contributed by atoms with Gasteiger partial charge in [0.05, 0.1) is 6.04 Å². The van der Waals surface area contributed by atoms with Gasteiger partial charge in [-0.2, -0.15) is 11.8 Å². The standard InChI is InChI=1S/C17H28N4O4S.ClH/c1-4-11(2)15(20-16(24)12(18)7-10-26-3)17(25)19-8-9-21-13(22)5-6-14(21)23;/h5-6,11-12,15H,4,7-10,18H2,1-3H3,(H,19,25)(H,20,24);1H/t11?,12-,15-;/m0./s1. The van der Waals surface area contributed by atoms with E-state index in [0.717, 1.165) is 10.7 Å². The third kappa shape index (κ3) is 7.90. The molecule has 0 fully saturated rings. The fourth-order valence-electron chi connectivity index (χ4n) is 2.39. The monoisotopic (exact) mass is 420 g/mol. The summed E-state index contributed by atoms with van der Waals surface area (Å²) in [6, 6.07) is -1.37. The minimum Gasteiger partial charge on any atom is -0.353 e. The minimum atomic E-state index is -0.712. The molecule has 1 heterocycles. The van der Waals surface area contributed by atoms with Gasteiger partial charge < -0.3 is 16.4 Å². The molecule has 0 aromatic rings. The summed E-state index contributed by atoms with van der Waals surface area (Å²) in [4.78, 5) is 48.7. The summed E-state index contributed by atoms with van der Waals surface area (Å²) in [6.07, 6.45) is 5.56. The van der Waals surface area contributed by atoms with Crippen molar-refractivity contribution in [3.63, 3.8) is 0 Å². The van der Waals surface area contributed by atoms with E-state index in [1.807, 2.05) is 20.1 Å². The van der Waals surface area contributed by atoms with Crippen LogP contribution >= 0.6 is 24.2 Å². The van der Waals surface area contributed by atoms with Crippen LogP contribution in [0.4, 0.5) is 0 Å². The van der Waals surface area contributed by atoms with Gasteiger partial charge in [-0.15, -0.1) is 12.4 Å². The lowest BCUT2D eigenvalue weighted by molar-refractivity contribution is -0.137. The van der Waals surface area contributed by atoms with Gasteiger partial charge in [-0.05, 0) is 24.3 Å². The van der Waals surface area contributed by atoms with Crippen molar-refractivity contribution in [2.45, 2.75) is 38.8 Å². The molecule has 1 rings (SSSR count). The predicted molar refractivity (Wildman–Crippen MR) is 108 cm³/mol. The van der Waals surface area contributed by atoms with Crippen molar-refractivity contribution in [1.82, 2.24) is 15.5 Å².